The van der Waals surface area contributed by atoms with E-state index in [4.69, 9.17) is 5.73 Å². The second-order valence-corrected chi connectivity index (χ2v) is 6.00. The van der Waals surface area contributed by atoms with E-state index >= 15 is 0 Å². The van der Waals surface area contributed by atoms with E-state index in [0.29, 0.717) is 6.04 Å². The van der Waals surface area contributed by atoms with Gasteiger partial charge in [-0.25, -0.2) is 0 Å². The fraction of sp³-hybridized carbons (Fsp3) is 0.571. The van der Waals surface area contributed by atoms with Crippen LogP contribution in [-0.2, 0) is 0 Å². The van der Waals surface area contributed by atoms with Crippen molar-refractivity contribution in [3.63, 3.8) is 0 Å². The molecule has 2 rings (SSSR count). The lowest BCUT2D eigenvalue weighted by atomic mass is 10.1. The Labute approximate surface area is 103 Å². The summed E-state index contributed by atoms with van der Waals surface area (Å²) in [4.78, 5) is 1.34. The summed E-state index contributed by atoms with van der Waals surface area (Å²) in [5.41, 5.74) is 7.43. The van der Waals surface area contributed by atoms with E-state index in [0.717, 1.165) is 11.7 Å². The van der Waals surface area contributed by atoms with Gasteiger partial charge in [0.25, 0.3) is 0 Å². The van der Waals surface area contributed by atoms with Gasteiger partial charge < -0.3 is 5.73 Å². The smallest absolute Gasteiger partial charge is 0.0134 e. The first-order valence-corrected chi connectivity index (χ1v) is 7.17. The molecular weight excluding hydrogens is 214 g/mol. The first-order chi connectivity index (χ1) is 7.74. The van der Waals surface area contributed by atoms with E-state index in [1.165, 1.54) is 36.1 Å². The van der Waals surface area contributed by atoms with Gasteiger partial charge in [-0.2, -0.15) is 0 Å². The number of hydrogen-bond acceptors (Lipinski definition) is 2. The molecule has 2 N–H and O–H groups in total. The van der Waals surface area contributed by atoms with Gasteiger partial charge in [0, 0.05) is 16.7 Å². The Morgan fingerprint density at radius 2 is 2.00 bits per heavy atom. The van der Waals surface area contributed by atoms with E-state index < -0.39 is 0 Å². The molecule has 0 aliphatic heterocycles. The highest BCUT2D eigenvalue weighted by molar-refractivity contribution is 7.99. The summed E-state index contributed by atoms with van der Waals surface area (Å²) < 4.78 is 0. The molecule has 1 fully saturated rings. The zero-order valence-corrected chi connectivity index (χ0v) is 10.8. The molecule has 0 aromatic heterocycles. The van der Waals surface area contributed by atoms with E-state index in [-0.39, 0.29) is 0 Å². The van der Waals surface area contributed by atoms with Crippen LogP contribution in [0.4, 0.5) is 0 Å². The molecule has 0 radical (unpaired) electrons. The Morgan fingerprint density at radius 3 is 2.62 bits per heavy atom. The molecule has 1 unspecified atom stereocenters. The minimum Gasteiger partial charge on any atom is -0.327 e. The maximum atomic E-state index is 6.11. The average Bonchev–Trinajstić information content (AvgIpc) is 3.09. The van der Waals surface area contributed by atoms with Crippen LogP contribution in [0.25, 0.3) is 0 Å². The number of rotatable bonds is 6. The summed E-state index contributed by atoms with van der Waals surface area (Å²) in [6.45, 7) is 2.12. The maximum absolute atomic E-state index is 6.11. The Balaban J connectivity index is 1.67. The van der Waals surface area contributed by atoms with Crippen molar-refractivity contribution in [1.29, 1.82) is 0 Å². The lowest BCUT2D eigenvalue weighted by molar-refractivity contribution is 0.591. The average molecular weight is 235 g/mol. The van der Waals surface area contributed by atoms with Gasteiger partial charge in [0.05, 0.1) is 0 Å². The molecular formula is C14H21NS. The second kappa shape index (κ2) is 5.74. The van der Waals surface area contributed by atoms with Crippen LogP contribution in [-0.4, -0.2) is 11.8 Å². The maximum Gasteiger partial charge on any atom is 0.0134 e. The lowest BCUT2D eigenvalue weighted by Gasteiger charge is -2.10. The number of aryl methyl sites for hydroxylation is 1. The van der Waals surface area contributed by atoms with Crippen LogP contribution in [0, 0.1) is 12.8 Å². The number of thioether (sulfide) groups is 1. The van der Waals surface area contributed by atoms with Crippen LogP contribution in [0.3, 0.4) is 0 Å². The van der Waals surface area contributed by atoms with Crippen molar-refractivity contribution in [2.75, 3.05) is 5.75 Å². The topological polar surface area (TPSA) is 26.0 Å². The van der Waals surface area contributed by atoms with E-state index in [2.05, 4.69) is 31.2 Å². The molecule has 0 heterocycles. The monoisotopic (exact) mass is 235 g/mol. The molecule has 1 nitrogen and oxygen atoms in total. The molecule has 0 amide bonds. The molecule has 1 atom stereocenters. The molecule has 1 aromatic rings. The Bertz CT molecular complexity index is 316. The van der Waals surface area contributed by atoms with Crippen LogP contribution in [0.2, 0.25) is 0 Å². The Hall–Kier alpha value is -0.470. The minimum atomic E-state index is 0.368. The summed E-state index contributed by atoms with van der Waals surface area (Å²) in [6, 6.07) is 9.07. The first-order valence-electron chi connectivity index (χ1n) is 6.19. The van der Waals surface area contributed by atoms with E-state index in [9.17, 15) is 0 Å². The summed E-state index contributed by atoms with van der Waals surface area (Å²) in [5, 5.41) is 0. The summed E-state index contributed by atoms with van der Waals surface area (Å²) >= 11 is 1.88. The summed E-state index contributed by atoms with van der Waals surface area (Å²) in [6.07, 6.45) is 5.43. The van der Waals surface area contributed by atoms with Crippen molar-refractivity contribution in [3.05, 3.63) is 29.8 Å². The predicted molar refractivity (Wildman–Crippen MR) is 71.8 cm³/mol. The fourth-order valence-corrected chi connectivity index (χ4v) is 2.68. The molecule has 2 heteroatoms. The van der Waals surface area contributed by atoms with E-state index in [1.807, 2.05) is 11.8 Å². The fourth-order valence-electron chi connectivity index (χ4n) is 1.78. The van der Waals surface area contributed by atoms with Gasteiger partial charge in [-0.1, -0.05) is 30.5 Å². The number of nitrogens with two attached hydrogens (primary N) is 1. The van der Waals surface area contributed by atoms with E-state index in [1.54, 1.807) is 0 Å². The molecule has 1 aliphatic carbocycles. The van der Waals surface area contributed by atoms with Crippen LogP contribution >= 0.6 is 11.8 Å². The molecule has 88 valence electrons. The molecule has 1 aliphatic rings. The third-order valence-electron chi connectivity index (χ3n) is 3.13. The van der Waals surface area contributed by atoms with Gasteiger partial charge in [0.2, 0.25) is 0 Å². The second-order valence-electron chi connectivity index (χ2n) is 4.90. The normalized spacial score (nSPS) is 17.4. The number of benzene rings is 1. The molecule has 0 bridgehead atoms. The van der Waals surface area contributed by atoms with Gasteiger partial charge in [-0.05, 0) is 37.8 Å². The zero-order valence-electron chi connectivity index (χ0n) is 9.99. The number of hydrogen-bond donors (Lipinski definition) is 1. The Morgan fingerprint density at radius 1 is 1.31 bits per heavy atom. The molecule has 0 saturated heterocycles. The van der Waals surface area contributed by atoms with Gasteiger partial charge in [0.1, 0.15) is 0 Å². The standard InChI is InChI=1S/C14H21NS/c1-11-2-8-14(9-3-11)16-10-13(15)7-6-12-4-5-12/h2-3,8-9,12-13H,4-7,10,15H2,1H3. The molecule has 0 spiro atoms. The Kier molecular flexibility index (Phi) is 4.30. The zero-order chi connectivity index (χ0) is 11.4. The van der Waals surface area contributed by atoms with Crippen molar-refractivity contribution >= 4 is 11.8 Å². The third-order valence-corrected chi connectivity index (χ3v) is 4.33. The van der Waals surface area contributed by atoms with Crippen molar-refractivity contribution in [3.8, 4) is 0 Å². The molecule has 16 heavy (non-hydrogen) atoms. The highest BCUT2D eigenvalue weighted by Crippen LogP contribution is 2.34. The van der Waals surface area contributed by atoms with Crippen molar-refractivity contribution in [2.24, 2.45) is 11.7 Å². The van der Waals surface area contributed by atoms with Crippen molar-refractivity contribution in [1.82, 2.24) is 0 Å². The highest BCUT2D eigenvalue weighted by atomic mass is 32.2. The van der Waals surface area contributed by atoms with Crippen LogP contribution < -0.4 is 5.73 Å². The van der Waals surface area contributed by atoms with Gasteiger partial charge in [-0.15, -0.1) is 11.8 Å². The quantitative estimate of drug-likeness (QED) is 0.762. The van der Waals surface area contributed by atoms with Gasteiger partial charge >= 0.3 is 0 Å². The van der Waals surface area contributed by atoms with Crippen LogP contribution in [0.1, 0.15) is 31.2 Å². The minimum absolute atomic E-state index is 0.368. The van der Waals surface area contributed by atoms with Crippen molar-refractivity contribution in [2.45, 2.75) is 43.5 Å². The predicted octanol–water partition coefficient (Wildman–Crippen LogP) is 3.60. The van der Waals surface area contributed by atoms with Crippen LogP contribution in [0.5, 0.6) is 0 Å². The first kappa shape index (κ1) is 12.0. The summed E-state index contributed by atoms with van der Waals surface area (Å²) in [5.74, 6) is 2.06. The molecule has 1 saturated carbocycles. The largest absolute Gasteiger partial charge is 0.327 e. The molecule has 1 aromatic carbocycles. The SMILES string of the molecule is Cc1ccc(SCC(N)CCC2CC2)cc1. The van der Waals surface area contributed by atoms with Gasteiger partial charge in [0.15, 0.2) is 0 Å². The highest BCUT2D eigenvalue weighted by Gasteiger charge is 2.21. The lowest BCUT2D eigenvalue weighted by Crippen LogP contribution is -2.22. The summed E-state index contributed by atoms with van der Waals surface area (Å²) in [7, 11) is 0. The van der Waals surface area contributed by atoms with Crippen molar-refractivity contribution < 1.29 is 0 Å². The third kappa shape index (κ3) is 4.18. The van der Waals surface area contributed by atoms with Crippen LogP contribution in [0.15, 0.2) is 29.2 Å². The van der Waals surface area contributed by atoms with Gasteiger partial charge in [-0.3, -0.25) is 0 Å².